The monoisotopic (exact) mass is 578 g/mol. The van der Waals surface area contributed by atoms with Crippen molar-refractivity contribution in [2.75, 3.05) is 7.11 Å². The molecule has 0 saturated carbocycles. The number of hydrogen-bond donors (Lipinski definition) is 0. The van der Waals surface area contributed by atoms with Crippen molar-refractivity contribution in [1.29, 1.82) is 0 Å². The molecule has 3 rings (SSSR count). The lowest BCUT2D eigenvalue weighted by molar-refractivity contribution is -0.139. The molecule has 0 unspecified atom stereocenters. The molecule has 32 heavy (non-hydrogen) atoms. The van der Waals surface area contributed by atoms with Crippen LogP contribution in [0, 0.1) is 6.92 Å². The zero-order chi connectivity index (χ0) is 23.1. The summed E-state index contributed by atoms with van der Waals surface area (Å²) in [6.07, 6.45) is 6.58. The van der Waals surface area contributed by atoms with E-state index >= 15 is 0 Å². The lowest BCUT2D eigenvalue weighted by Gasteiger charge is -2.11. The van der Waals surface area contributed by atoms with Crippen LogP contribution < -0.4 is 4.74 Å². The predicted molar refractivity (Wildman–Crippen MR) is 133 cm³/mol. The van der Waals surface area contributed by atoms with E-state index in [1.807, 2.05) is 49.4 Å². The average Bonchev–Trinajstić information content (AvgIpc) is 2.76. The predicted octanol–water partition coefficient (Wildman–Crippen LogP) is 6.51. The first-order valence-corrected chi connectivity index (χ1v) is 11.7. The minimum absolute atomic E-state index is 0.212. The minimum Gasteiger partial charge on any atom is -0.473 e. The average molecular weight is 581 g/mol. The highest BCUT2D eigenvalue weighted by molar-refractivity contribution is 9.10. The maximum atomic E-state index is 11.8. The summed E-state index contributed by atoms with van der Waals surface area (Å²) in [7, 11) is 1.39. The molecule has 166 valence electrons. The zero-order valence-electron chi connectivity index (χ0n) is 17.6. The molecule has 5 nitrogen and oxygen atoms in total. The molecule has 0 fully saturated rings. The molecule has 0 saturated heterocycles. The third-order valence-corrected chi connectivity index (χ3v) is 6.24. The Morgan fingerprint density at radius 1 is 1.16 bits per heavy atom. The largest absolute Gasteiger partial charge is 0.473 e. The number of aryl methyl sites for hydroxylation is 1. The van der Waals surface area contributed by atoms with E-state index in [0.717, 1.165) is 32.3 Å². The Morgan fingerprint density at radius 3 is 2.72 bits per heavy atom. The van der Waals surface area contributed by atoms with E-state index in [1.165, 1.54) is 7.11 Å². The van der Waals surface area contributed by atoms with Gasteiger partial charge >= 0.3 is 5.97 Å². The lowest BCUT2D eigenvalue weighted by Crippen LogP contribution is -2.06. The van der Waals surface area contributed by atoms with Crippen LogP contribution in [-0.4, -0.2) is 23.0 Å². The first-order valence-electron chi connectivity index (χ1n) is 9.76. The van der Waals surface area contributed by atoms with Crippen LogP contribution in [0.4, 0.5) is 0 Å². The molecule has 0 spiro atoms. The fraction of sp³-hybridized carbons (Fsp3) is 0.208. The van der Waals surface area contributed by atoms with Gasteiger partial charge in [0.25, 0.3) is 0 Å². The van der Waals surface area contributed by atoms with Crippen molar-refractivity contribution in [1.82, 2.24) is 9.97 Å². The molecule has 2 heterocycles. The maximum absolute atomic E-state index is 11.8. The van der Waals surface area contributed by atoms with E-state index in [1.54, 1.807) is 12.3 Å². The molecule has 0 aliphatic carbocycles. The number of aromatic nitrogens is 2. The van der Waals surface area contributed by atoms with Gasteiger partial charge in [-0.15, -0.1) is 0 Å². The van der Waals surface area contributed by atoms with Gasteiger partial charge in [0.1, 0.15) is 16.4 Å². The number of allylic oxidation sites excluding steroid dienone is 1. The van der Waals surface area contributed by atoms with Crippen molar-refractivity contribution >= 4 is 55.5 Å². The molecular formula is C24H21Br2ClN2O3. The molecule has 1 aromatic carbocycles. The Morgan fingerprint density at radius 2 is 1.97 bits per heavy atom. The van der Waals surface area contributed by atoms with E-state index in [2.05, 4.69) is 41.8 Å². The number of rotatable bonds is 8. The second-order valence-corrected chi connectivity index (χ2v) is 9.08. The molecule has 0 bridgehead atoms. The number of ether oxygens (including phenoxy) is 2. The molecule has 0 amide bonds. The maximum Gasteiger partial charge on any atom is 0.309 e. The Kier molecular flexibility index (Phi) is 8.84. The fourth-order valence-electron chi connectivity index (χ4n) is 3.04. The summed E-state index contributed by atoms with van der Waals surface area (Å²) in [4.78, 5) is 20.3. The SMILES string of the molecule is COC(=O)Cc1cc(C)c(Br)cc1/C=C/Cc1cc(Cl)ncc1COc1cccc(Br)n1. The zero-order valence-corrected chi connectivity index (χ0v) is 21.5. The van der Waals surface area contributed by atoms with E-state index in [9.17, 15) is 4.79 Å². The summed E-state index contributed by atoms with van der Waals surface area (Å²) < 4.78 is 12.3. The van der Waals surface area contributed by atoms with Gasteiger partial charge in [0.05, 0.1) is 13.5 Å². The molecule has 8 heteroatoms. The number of pyridine rings is 2. The highest BCUT2D eigenvalue weighted by Crippen LogP contribution is 2.24. The number of benzene rings is 1. The Labute approximate surface area is 209 Å². The van der Waals surface area contributed by atoms with Crippen LogP contribution in [0.1, 0.15) is 27.8 Å². The van der Waals surface area contributed by atoms with Crippen molar-refractivity contribution in [3.8, 4) is 5.88 Å². The van der Waals surface area contributed by atoms with Crippen LogP contribution in [0.3, 0.4) is 0 Å². The van der Waals surface area contributed by atoms with Gasteiger partial charge in [-0.3, -0.25) is 4.79 Å². The van der Waals surface area contributed by atoms with E-state index in [-0.39, 0.29) is 12.4 Å². The number of carbonyl (C=O) groups excluding carboxylic acids is 1. The van der Waals surface area contributed by atoms with Gasteiger partial charge in [-0.05, 0) is 69.7 Å². The van der Waals surface area contributed by atoms with Crippen LogP contribution in [0.15, 0.2) is 57.7 Å². The molecule has 0 aliphatic heterocycles. The molecule has 2 aromatic heterocycles. The van der Waals surface area contributed by atoms with Gasteiger partial charge < -0.3 is 9.47 Å². The van der Waals surface area contributed by atoms with Gasteiger partial charge in [0.2, 0.25) is 5.88 Å². The summed E-state index contributed by atoms with van der Waals surface area (Å²) >= 11 is 13.0. The van der Waals surface area contributed by atoms with Crippen LogP contribution in [0.2, 0.25) is 5.15 Å². The van der Waals surface area contributed by atoms with Crippen LogP contribution in [0.25, 0.3) is 6.08 Å². The summed E-state index contributed by atoms with van der Waals surface area (Å²) in [6.45, 7) is 2.31. The Bertz CT molecular complexity index is 1150. The van der Waals surface area contributed by atoms with E-state index in [0.29, 0.717) is 28.7 Å². The van der Waals surface area contributed by atoms with Gasteiger partial charge in [-0.25, -0.2) is 9.97 Å². The van der Waals surface area contributed by atoms with Gasteiger partial charge in [-0.1, -0.05) is 51.8 Å². The molecule has 3 aromatic rings. The van der Waals surface area contributed by atoms with Crippen LogP contribution in [0.5, 0.6) is 5.88 Å². The summed E-state index contributed by atoms with van der Waals surface area (Å²) in [5.74, 6) is 0.246. The van der Waals surface area contributed by atoms with Crippen molar-refractivity contribution in [2.24, 2.45) is 0 Å². The highest BCUT2D eigenvalue weighted by Gasteiger charge is 2.10. The van der Waals surface area contributed by atoms with Crippen molar-refractivity contribution < 1.29 is 14.3 Å². The number of esters is 1. The summed E-state index contributed by atoms with van der Waals surface area (Å²) in [6, 6.07) is 11.3. The van der Waals surface area contributed by atoms with Crippen LogP contribution in [-0.2, 0) is 29.0 Å². The first kappa shape index (κ1) is 24.4. The Balaban J connectivity index is 1.78. The van der Waals surface area contributed by atoms with E-state index in [4.69, 9.17) is 21.1 Å². The van der Waals surface area contributed by atoms with Crippen molar-refractivity contribution in [2.45, 2.75) is 26.4 Å². The van der Waals surface area contributed by atoms with Gasteiger partial charge in [0, 0.05) is 22.3 Å². The Hall–Kier alpha value is -2.22. The third kappa shape index (κ3) is 6.89. The quantitative estimate of drug-likeness (QED) is 0.225. The second-order valence-electron chi connectivity index (χ2n) is 7.02. The minimum atomic E-state index is -0.275. The summed E-state index contributed by atoms with van der Waals surface area (Å²) in [5, 5.41) is 0.419. The van der Waals surface area contributed by atoms with Crippen molar-refractivity contribution in [3.63, 3.8) is 0 Å². The molecular weight excluding hydrogens is 560 g/mol. The smallest absolute Gasteiger partial charge is 0.309 e. The number of carbonyl (C=O) groups is 1. The molecule has 0 N–H and O–H groups in total. The first-order chi connectivity index (χ1) is 15.4. The van der Waals surface area contributed by atoms with E-state index < -0.39 is 0 Å². The fourth-order valence-corrected chi connectivity index (χ4v) is 3.91. The number of nitrogens with zero attached hydrogens (tertiary/aromatic N) is 2. The molecule has 0 aliphatic rings. The third-order valence-electron chi connectivity index (χ3n) is 4.73. The number of methoxy groups -OCH3 is 1. The number of hydrogen-bond acceptors (Lipinski definition) is 5. The normalized spacial score (nSPS) is 11.0. The topological polar surface area (TPSA) is 61.3 Å². The number of halogens is 3. The summed E-state index contributed by atoms with van der Waals surface area (Å²) in [5.41, 5.74) is 4.83. The van der Waals surface area contributed by atoms with Crippen LogP contribution >= 0.6 is 43.5 Å². The highest BCUT2D eigenvalue weighted by atomic mass is 79.9. The second kappa shape index (κ2) is 11.6. The van der Waals surface area contributed by atoms with Gasteiger partial charge in [-0.2, -0.15) is 0 Å². The molecule has 0 radical (unpaired) electrons. The standard InChI is InChI=1S/C24H21Br2ClN2O3/c1-15-9-18(12-24(30)31-2)16(10-20(15)25)5-3-6-17-11-22(27)28-13-19(17)14-32-23-8-4-7-21(26)29-23/h3-5,7-11,13H,6,12,14H2,1-2H3/b5-3+. The van der Waals surface area contributed by atoms with Crippen molar-refractivity contribution in [3.05, 3.63) is 90.7 Å². The lowest BCUT2D eigenvalue weighted by atomic mass is 10.00. The molecule has 0 atom stereocenters. The van der Waals surface area contributed by atoms with Gasteiger partial charge in [0.15, 0.2) is 0 Å².